The van der Waals surface area contributed by atoms with Crippen LogP contribution in [0.2, 0.25) is 0 Å². The maximum Gasteiger partial charge on any atom is 0.162 e. The van der Waals surface area contributed by atoms with E-state index in [-0.39, 0.29) is 24.0 Å². The lowest BCUT2D eigenvalue weighted by atomic mass is 9.54. The summed E-state index contributed by atoms with van der Waals surface area (Å²) in [5.41, 5.74) is -1.53. The highest BCUT2D eigenvalue weighted by atomic mass is 16.6. The first-order chi connectivity index (χ1) is 10.9. The van der Waals surface area contributed by atoms with Gasteiger partial charge in [-0.25, -0.2) is 0 Å². The fraction of sp³-hybridized carbons (Fsp3) is 0.889. The van der Waals surface area contributed by atoms with Crippen molar-refractivity contribution < 1.29 is 24.4 Å². The van der Waals surface area contributed by atoms with Crippen molar-refractivity contribution >= 4 is 0 Å². The molecule has 0 aromatic rings. The van der Waals surface area contributed by atoms with E-state index >= 15 is 0 Å². The predicted molar refractivity (Wildman–Crippen MR) is 83.4 cm³/mol. The highest BCUT2D eigenvalue weighted by Gasteiger charge is 2.80. The van der Waals surface area contributed by atoms with Gasteiger partial charge in [0.2, 0.25) is 0 Å². The van der Waals surface area contributed by atoms with Crippen LogP contribution in [0.4, 0.5) is 0 Å². The van der Waals surface area contributed by atoms with Crippen LogP contribution in [0.3, 0.4) is 0 Å². The van der Waals surface area contributed by atoms with E-state index in [1.54, 1.807) is 0 Å². The van der Waals surface area contributed by atoms with Gasteiger partial charge < -0.3 is 24.4 Å². The maximum absolute atomic E-state index is 10.9. The lowest BCUT2D eigenvalue weighted by molar-refractivity contribution is -0.183. The third-order valence-electron chi connectivity index (χ3n) is 7.37. The number of rotatable bonds is 2. The van der Waals surface area contributed by atoms with E-state index in [1.807, 2.05) is 0 Å². The molecule has 0 spiro atoms. The minimum Gasteiger partial charge on any atom is -0.495 e. The van der Waals surface area contributed by atoms with Crippen LogP contribution in [-0.2, 0) is 14.2 Å². The highest BCUT2D eigenvalue weighted by Crippen LogP contribution is 2.74. The molecule has 6 unspecified atom stereocenters. The third-order valence-corrected chi connectivity index (χ3v) is 7.37. The Bertz CT molecular complexity index is 522. The molecule has 0 aromatic heterocycles. The quantitative estimate of drug-likeness (QED) is 0.811. The Morgan fingerprint density at radius 2 is 2.17 bits per heavy atom. The predicted octanol–water partition coefficient (Wildman–Crippen LogP) is 1.83. The van der Waals surface area contributed by atoms with Gasteiger partial charge in [-0.2, -0.15) is 0 Å². The molecule has 7 atom stereocenters. The van der Waals surface area contributed by atoms with Crippen LogP contribution < -0.4 is 0 Å². The van der Waals surface area contributed by atoms with Crippen LogP contribution in [0.5, 0.6) is 0 Å². The fourth-order valence-corrected chi connectivity index (χ4v) is 6.34. The van der Waals surface area contributed by atoms with Gasteiger partial charge in [-0.05, 0) is 31.6 Å². The number of hydrogen-bond donors (Lipinski definition) is 2. The van der Waals surface area contributed by atoms with E-state index in [1.165, 1.54) is 0 Å². The molecule has 5 nitrogen and oxygen atoms in total. The second kappa shape index (κ2) is 4.94. The molecule has 4 aliphatic rings. The molecule has 0 aromatic carbocycles. The van der Waals surface area contributed by atoms with Crippen molar-refractivity contribution in [1.29, 1.82) is 0 Å². The monoisotopic (exact) mass is 324 g/mol. The topological polar surface area (TPSA) is 68.2 Å². The summed E-state index contributed by atoms with van der Waals surface area (Å²) in [5.74, 6) is 1.12. The Balaban J connectivity index is 1.91. The summed E-state index contributed by atoms with van der Waals surface area (Å²) in [4.78, 5) is 0. The molecule has 1 saturated carbocycles. The van der Waals surface area contributed by atoms with Gasteiger partial charge in [0.05, 0.1) is 12.7 Å². The Kier molecular flexibility index (Phi) is 3.41. The molecule has 1 aliphatic carbocycles. The Labute approximate surface area is 137 Å². The summed E-state index contributed by atoms with van der Waals surface area (Å²) in [6, 6.07) is 0. The first-order valence-corrected chi connectivity index (χ1v) is 8.83. The summed E-state index contributed by atoms with van der Waals surface area (Å²) in [6.45, 7) is 9.94. The van der Waals surface area contributed by atoms with Gasteiger partial charge in [-0.3, -0.25) is 0 Å². The molecular formula is C18H28O5. The number of fused-ring (bicyclic) bond motifs is 1. The van der Waals surface area contributed by atoms with Crippen molar-refractivity contribution in [3.63, 3.8) is 0 Å². The van der Waals surface area contributed by atoms with E-state index in [2.05, 4.69) is 20.4 Å². The van der Waals surface area contributed by atoms with E-state index in [0.717, 1.165) is 19.3 Å². The molecule has 4 rings (SSSR count). The van der Waals surface area contributed by atoms with Gasteiger partial charge in [0.15, 0.2) is 6.29 Å². The van der Waals surface area contributed by atoms with Gasteiger partial charge in [0, 0.05) is 30.0 Å². The van der Waals surface area contributed by atoms with Crippen molar-refractivity contribution in [1.82, 2.24) is 0 Å². The van der Waals surface area contributed by atoms with E-state index in [0.29, 0.717) is 31.3 Å². The van der Waals surface area contributed by atoms with Crippen molar-refractivity contribution in [2.24, 2.45) is 22.7 Å². The summed E-state index contributed by atoms with van der Waals surface area (Å²) in [6.07, 6.45) is 2.19. The average Bonchev–Trinajstić information content (AvgIpc) is 3.04. The largest absolute Gasteiger partial charge is 0.495 e. The number of ether oxygens (including phenoxy) is 3. The molecule has 130 valence electrons. The molecule has 5 heteroatoms. The first kappa shape index (κ1) is 15.9. The van der Waals surface area contributed by atoms with Gasteiger partial charge >= 0.3 is 0 Å². The molecule has 3 saturated heterocycles. The van der Waals surface area contributed by atoms with Crippen LogP contribution in [0.15, 0.2) is 12.3 Å². The molecule has 4 fully saturated rings. The van der Waals surface area contributed by atoms with Crippen molar-refractivity contribution in [2.75, 3.05) is 19.8 Å². The zero-order chi connectivity index (χ0) is 16.5. The number of hydrogen-bond acceptors (Lipinski definition) is 5. The van der Waals surface area contributed by atoms with Crippen LogP contribution >= 0.6 is 0 Å². The summed E-state index contributed by atoms with van der Waals surface area (Å²) in [5, 5.41) is 20.7. The van der Waals surface area contributed by atoms with Crippen LogP contribution in [-0.4, -0.2) is 48.0 Å². The molecule has 0 amide bonds. The minimum absolute atomic E-state index is 0.0468. The molecular weight excluding hydrogens is 296 g/mol. The summed E-state index contributed by atoms with van der Waals surface area (Å²) >= 11 is 0. The minimum atomic E-state index is -0.896. The van der Waals surface area contributed by atoms with E-state index in [4.69, 9.17) is 14.2 Å². The van der Waals surface area contributed by atoms with Crippen LogP contribution in [0.1, 0.15) is 39.5 Å². The Morgan fingerprint density at radius 3 is 2.91 bits per heavy atom. The average molecular weight is 324 g/mol. The smallest absolute Gasteiger partial charge is 0.162 e. The first-order valence-electron chi connectivity index (χ1n) is 8.83. The van der Waals surface area contributed by atoms with Gasteiger partial charge in [-0.1, -0.05) is 20.4 Å². The number of aliphatic hydroxyl groups is 2. The number of aliphatic hydroxyl groups excluding tert-OH is 2. The SMILES string of the molecule is C=C1OCCCC2(CCO)C(O)OC13C1C(CC23C)OC[C@H]1C. The van der Waals surface area contributed by atoms with Crippen molar-refractivity contribution in [3.05, 3.63) is 12.3 Å². The Morgan fingerprint density at radius 1 is 1.39 bits per heavy atom. The van der Waals surface area contributed by atoms with Crippen molar-refractivity contribution in [2.45, 2.75) is 57.5 Å². The molecule has 0 radical (unpaired) electrons. The zero-order valence-electron chi connectivity index (χ0n) is 14.1. The maximum atomic E-state index is 10.9. The molecule has 3 heterocycles. The lowest BCUT2D eigenvalue weighted by Gasteiger charge is -2.49. The Hall–Kier alpha value is -0.620. The molecule has 2 N–H and O–H groups in total. The lowest BCUT2D eigenvalue weighted by Crippen LogP contribution is -2.54. The summed E-state index contributed by atoms with van der Waals surface area (Å²) in [7, 11) is 0. The molecule has 3 aliphatic heterocycles. The second-order valence-electron chi connectivity index (χ2n) is 8.12. The van der Waals surface area contributed by atoms with Gasteiger partial charge in [-0.15, -0.1) is 0 Å². The van der Waals surface area contributed by atoms with Crippen molar-refractivity contribution in [3.8, 4) is 0 Å². The van der Waals surface area contributed by atoms with Crippen LogP contribution in [0, 0.1) is 22.7 Å². The second-order valence-corrected chi connectivity index (χ2v) is 8.12. The summed E-state index contributed by atoms with van der Waals surface area (Å²) < 4.78 is 18.4. The van der Waals surface area contributed by atoms with Gasteiger partial charge in [0.1, 0.15) is 11.4 Å². The van der Waals surface area contributed by atoms with Crippen LogP contribution in [0.25, 0.3) is 0 Å². The normalized spacial score (nSPS) is 55.0. The molecule has 23 heavy (non-hydrogen) atoms. The zero-order valence-corrected chi connectivity index (χ0v) is 14.1. The standard InChI is InChI=1S/C18H28O5/c1-11-10-22-13-9-16(3)17(6-7-19)5-4-8-21-12(2)18(16,14(11)13)23-15(17)20/h11,13-15,19-20H,2,4-10H2,1,3H3/t11-,13?,14?,15?,16?,17?,18?/m1/s1. The van der Waals surface area contributed by atoms with E-state index in [9.17, 15) is 10.2 Å². The van der Waals surface area contributed by atoms with Gasteiger partial charge in [0.25, 0.3) is 0 Å². The third kappa shape index (κ3) is 1.62. The van der Waals surface area contributed by atoms with E-state index < -0.39 is 17.3 Å². The fourth-order valence-electron chi connectivity index (χ4n) is 6.34. The highest BCUT2D eigenvalue weighted by molar-refractivity contribution is 5.32. The molecule has 2 bridgehead atoms.